The van der Waals surface area contributed by atoms with Gasteiger partial charge >= 0.3 is 0 Å². The maximum absolute atomic E-state index is 12.1. The Kier molecular flexibility index (Phi) is 3.47. The van der Waals surface area contributed by atoms with Crippen LogP contribution in [0, 0.1) is 0 Å². The standard InChI is InChI=1S/C16H14N4O/c1-19-14(9-10-17-19)7-8-16(21)13-11-18-20(12-13)15-5-3-2-4-6-15/h2-12H,1H3/b8-7+. The van der Waals surface area contributed by atoms with Crippen LogP contribution in [0.3, 0.4) is 0 Å². The topological polar surface area (TPSA) is 52.7 Å². The molecule has 3 rings (SSSR count). The van der Waals surface area contributed by atoms with E-state index < -0.39 is 0 Å². The molecule has 0 saturated heterocycles. The summed E-state index contributed by atoms with van der Waals surface area (Å²) in [4.78, 5) is 12.1. The number of carbonyl (C=O) groups is 1. The van der Waals surface area contributed by atoms with Gasteiger partial charge in [-0.15, -0.1) is 0 Å². The normalized spacial score (nSPS) is 11.1. The number of hydrogen-bond acceptors (Lipinski definition) is 3. The van der Waals surface area contributed by atoms with E-state index in [1.165, 1.54) is 6.08 Å². The van der Waals surface area contributed by atoms with E-state index in [4.69, 9.17) is 0 Å². The fourth-order valence-corrected chi connectivity index (χ4v) is 1.98. The Balaban J connectivity index is 1.79. The van der Waals surface area contributed by atoms with Gasteiger partial charge in [0.05, 0.1) is 23.1 Å². The van der Waals surface area contributed by atoms with Crippen LogP contribution in [0.2, 0.25) is 0 Å². The van der Waals surface area contributed by atoms with E-state index in [-0.39, 0.29) is 5.78 Å². The number of carbonyl (C=O) groups excluding carboxylic acids is 1. The minimum atomic E-state index is -0.0848. The second kappa shape index (κ2) is 5.58. The molecule has 0 bridgehead atoms. The number of nitrogens with zero attached hydrogens (tertiary/aromatic N) is 4. The molecule has 1 aromatic carbocycles. The molecular weight excluding hydrogens is 264 g/mol. The Morgan fingerprint density at radius 2 is 1.95 bits per heavy atom. The summed E-state index contributed by atoms with van der Waals surface area (Å²) in [5.41, 5.74) is 2.35. The van der Waals surface area contributed by atoms with Crippen molar-refractivity contribution in [2.24, 2.45) is 7.05 Å². The molecule has 21 heavy (non-hydrogen) atoms. The molecule has 0 spiro atoms. The molecule has 104 valence electrons. The number of hydrogen-bond donors (Lipinski definition) is 0. The van der Waals surface area contributed by atoms with Gasteiger partial charge in [0.15, 0.2) is 5.78 Å². The molecule has 5 heteroatoms. The van der Waals surface area contributed by atoms with Crippen molar-refractivity contribution in [3.8, 4) is 5.69 Å². The van der Waals surface area contributed by atoms with Crippen molar-refractivity contribution in [1.29, 1.82) is 0 Å². The zero-order chi connectivity index (χ0) is 14.7. The van der Waals surface area contributed by atoms with Crippen LogP contribution < -0.4 is 0 Å². The van der Waals surface area contributed by atoms with E-state index in [2.05, 4.69) is 10.2 Å². The number of rotatable bonds is 4. The van der Waals surface area contributed by atoms with Crippen molar-refractivity contribution >= 4 is 11.9 Å². The van der Waals surface area contributed by atoms with E-state index in [0.29, 0.717) is 5.56 Å². The van der Waals surface area contributed by atoms with Gasteiger partial charge in [-0.1, -0.05) is 18.2 Å². The molecule has 0 aliphatic carbocycles. The first-order chi connectivity index (χ1) is 10.2. The number of allylic oxidation sites excluding steroid dienone is 1. The predicted molar refractivity (Wildman–Crippen MR) is 80.1 cm³/mol. The molecule has 5 nitrogen and oxygen atoms in total. The maximum atomic E-state index is 12.1. The average molecular weight is 278 g/mol. The molecule has 3 aromatic rings. The zero-order valence-corrected chi connectivity index (χ0v) is 11.5. The first-order valence-corrected chi connectivity index (χ1v) is 6.54. The molecular formula is C16H14N4O. The average Bonchev–Trinajstić information content (AvgIpc) is 3.15. The molecule has 0 aliphatic heterocycles. The molecule has 0 fully saturated rings. The van der Waals surface area contributed by atoms with E-state index in [1.54, 1.807) is 34.0 Å². The van der Waals surface area contributed by atoms with Crippen LogP contribution in [0.4, 0.5) is 0 Å². The van der Waals surface area contributed by atoms with Gasteiger partial charge in [0.25, 0.3) is 0 Å². The summed E-state index contributed by atoms with van der Waals surface area (Å²) in [6, 6.07) is 11.5. The molecule has 0 aliphatic rings. The number of aryl methyl sites for hydroxylation is 1. The summed E-state index contributed by atoms with van der Waals surface area (Å²) in [5, 5.41) is 8.26. The monoisotopic (exact) mass is 278 g/mol. The van der Waals surface area contributed by atoms with Gasteiger partial charge in [-0.05, 0) is 30.4 Å². The van der Waals surface area contributed by atoms with Crippen LogP contribution >= 0.6 is 0 Å². The SMILES string of the molecule is Cn1nccc1/C=C/C(=O)c1cnn(-c2ccccc2)c1. The maximum Gasteiger partial charge on any atom is 0.189 e. The van der Waals surface area contributed by atoms with E-state index in [0.717, 1.165) is 11.4 Å². The zero-order valence-electron chi connectivity index (χ0n) is 11.5. The molecule has 0 radical (unpaired) electrons. The predicted octanol–water partition coefficient (Wildman–Crippen LogP) is 2.50. The van der Waals surface area contributed by atoms with Gasteiger partial charge in [-0.2, -0.15) is 10.2 Å². The number of para-hydroxylation sites is 1. The number of ketones is 1. The second-order valence-electron chi connectivity index (χ2n) is 4.59. The first-order valence-electron chi connectivity index (χ1n) is 6.54. The van der Waals surface area contributed by atoms with Gasteiger partial charge in [0.1, 0.15) is 0 Å². The lowest BCUT2D eigenvalue weighted by Gasteiger charge is -1.98. The quantitative estimate of drug-likeness (QED) is 0.544. The van der Waals surface area contributed by atoms with Crippen molar-refractivity contribution in [3.63, 3.8) is 0 Å². The Morgan fingerprint density at radius 3 is 2.67 bits per heavy atom. The third-order valence-corrected chi connectivity index (χ3v) is 3.15. The fraction of sp³-hybridized carbons (Fsp3) is 0.0625. The Hall–Kier alpha value is -2.95. The smallest absolute Gasteiger partial charge is 0.189 e. The molecule has 2 heterocycles. The molecule has 0 amide bonds. The summed E-state index contributed by atoms with van der Waals surface area (Å²) in [5.74, 6) is -0.0848. The summed E-state index contributed by atoms with van der Waals surface area (Å²) >= 11 is 0. The van der Waals surface area contributed by atoms with Crippen molar-refractivity contribution in [1.82, 2.24) is 19.6 Å². The second-order valence-corrected chi connectivity index (χ2v) is 4.59. The Morgan fingerprint density at radius 1 is 1.14 bits per heavy atom. The van der Waals surface area contributed by atoms with Gasteiger partial charge in [0.2, 0.25) is 0 Å². The molecule has 2 aromatic heterocycles. The van der Waals surface area contributed by atoms with Crippen molar-refractivity contribution in [3.05, 3.63) is 72.3 Å². The third kappa shape index (κ3) is 2.81. The largest absolute Gasteiger partial charge is 0.289 e. The number of aromatic nitrogens is 4. The molecule has 0 atom stereocenters. The van der Waals surface area contributed by atoms with Gasteiger partial charge in [-0.25, -0.2) is 4.68 Å². The summed E-state index contributed by atoms with van der Waals surface area (Å²) in [6.07, 6.45) is 8.27. The van der Waals surface area contributed by atoms with E-state index >= 15 is 0 Å². The fourth-order valence-electron chi connectivity index (χ4n) is 1.98. The lowest BCUT2D eigenvalue weighted by molar-refractivity contribution is 0.104. The first kappa shape index (κ1) is 13.1. The lowest BCUT2D eigenvalue weighted by atomic mass is 10.2. The van der Waals surface area contributed by atoms with Crippen LogP contribution in [-0.4, -0.2) is 25.3 Å². The Bertz CT molecular complexity index is 783. The van der Waals surface area contributed by atoms with Gasteiger partial charge in [0, 0.05) is 19.4 Å². The molecule has 0 saturated carbocycles. The van der Waals surface area contributed by atoms with E-state index in [9.17, 15) is 4.79 Å². The van der Waals surface area contributed by atoms with Gasteiger partial charge in [-0.3, -0.25) is 9.48 Å². The van der Waals surface area contributed by atoms with Crippen LogP contribution in [-0.2, 0) is 7.05 Å². The summed E-state index contributed by atoms with van der Waals surface area (Å²) < 4.78 is 3.39. The molecule has 0 unspecified atom stereocenters. The highest BCUT2D eigenvalue weighted by atomic mass is 16.1. The van der Waals surface area contributed by atoms with Crippen molar-refractivity contribution < 1.29 is 4.79 Å². The van der Waals surface area contributed by atoms with Gasteiger partial charge < -0.3 is 0 Å². The van der Waals surface area contributed by atoms with E-state index in [1.807, 2.05) is 43.4 Å². The highest BCUT2D eigenvalue weighted by molar-refractivity contribution is 6.06. The number of benzene rings is 1. The van der Waals surface area contributed by atoms with Crippen molar-refractivity contribution in [2.75, 3.05) is 0 Å². The minimum absolute atomic E-state index is 0.0848. The molecule has 0 N–H and O–H groups in total. The highest BCUT2D eigenvalue weighted by Crippen LogP contribution is 2.09. The third-order valence-electron chi connectivity index (χ3n) is 3.15. The van der Waals surface area contributed by atoms with Crippen LogP contribution in [0.5, 0.6) is 0 Å². The Labute approximate surface area is 122 Å². The van der Waals surface area contributed by atoms with Crippen LogP contribution in [0.1, 0.15) is 16.1 Å². The van der Waals surface area contributed by atoms with Crippen molar-refractivity contribution in [2.45, 2.75) is 0 Å². The van der Waals surface area contributed by atoms with Crippen LogP contribution in [0.25, 0.3) is 11.8 Å². The minimum Gasteiger partial charge on any atom is -0.289 e. The lowest BCUT2D eigenvalue weighted by Crippen LogP contribution is -1.96. The van der Waals surface area contributed by atoms with Crippen LogP contribution in [0.15, 0.2) is 61.1 Å². The summed E-state index contributed by atoms with van der Waals surface area (Å²) in [7, 11) is 1.83. The summed E-state index contributed by atoms with van der Waals surface area (Å²) in [6.45, 7) is 0. The highest BCUT2D eigenvalue weighted by Gasteiger charge is 2.06.